The summed E-state index contributed by atoms with van der Waals surface area (Å²) in [5, 5.41) is 3.04. The maximum absolute atomic E-state index is 13.6. The maximum atomic E-state index is 13.6. The number of carbonyl (C=O) groups is 2. The number of benzene rings is 2. The highest BCUT2D eigenvalue weighted by molar-refractivity contribution is 14.1. The number of rotatable bonds is 12. The zero-order chi connectivity index (χ0) is 27.9. The van der Waals surface area contributed by atoms with Crippen LogP contribution in [0.15, 0.2) is 59.5 Å². The molecule has 2 N–H and O–H groups in total. The van der Waals surface area contributed by atoms with E-state index in [-0.39, 0.29) is 23.3 Å². The summed E-state index contributed by atoms with van der Waals surface area (Å²) in [4.78, 5) is 31.6. The van der Waals surface area contributed by atoms with E-state index in [4.69, 9.17) is 0 Å². The maximum Gasteiger partial charge on any atom is 0.246 e. The van der Waals surface area contributed by atoms with Crippen LogP contribution in [0.4, 0.5) is 0 Å². The van der Waals surface area contributed by atoms with Gasteiger partial charge in [-0.1, -0.05) is 49.4 Å². The Morgan fingerprint density at radius 3 is 2.38 bits per heavy atom. The topological polar surface area (TPSA) is 98.8 Å². The first-order valence-electron chi connectivity index (χ1n) is 13.9. The molecule has 1 atom stereocenters. The van der Waals surface area contributed by atoms with Crippen molar-refractivity contribution in [1.82, 2.24) is 19.8 Å². The summed E-state index contributed by atoms with van der Waals surface area (Å²) < 4.78 is 28.5. The zero-order valence-corrected chi connectivity index (χ0v) is 25.5. The molecule has 2 fully saturated rings. The van der Waals surface area contributed by atoms with Gasteiger partial charge in [0.1, 0.15) is 11.6 Å². The van der Waals surface area contributed by atoms with E-state index in [1.807, 2.05) is 40.5 Å². The molecule has 2 aromatic rings. The van der Waals surface area contributed by atoms with Crippen molar-refractivity contribution < 1.29 is 18.0 Å². The molecule has 0 radical (unpaired) electrons. The number of hydrogen-bond acceptors (Lipinski definition) is 5. The molecule has 1 spiro atoms. The minimum Gasteiger partial charge on any atom is -0.342 e. The summed E-state index contributed by atoms with van der Waals surface area (Å²) in [6.45, 7) is 5.42. The molecule has 212 valence electrons. The molecule has 0 unspecified atom stereocenters. The van der Waals surface area contributed by atoms with Crippen molar-refractivity contribution >= 4 is 44.4 Å². The molecule has 4 rings (SSSR count). The Morgan fingerprint density at radius 2 is 1.69 bits per heavy atom. The van der Waals surface area contributed by atoms with Crippen molar-refractivity contribution in [2.24, 2.45) is 0 Å². The SMILES string of the molecule is CCCN1C(=O)[C@H](CCCCNS(=O)(=O)c2ccccc2I)NC(=O)C12CCN(CCc1ccccc1)CC2. The molecule has 2 aliphatic heterocycles. The van der Waals surface area contributed by atoms with Crippen LogP contribution in [0.5, 0.6) is 0 Å². The molecule has 2 heterocycles. The Hall–Kier alpha value is -2.02. The Bertz CT molecular complexity index is 1230. The normalized spacial score (nSPS) is 19.8. The minimum absolute atomic E-state index is 0.00592. The van der Waals surface area contributed by atoms with Gasteiger partial charge < -0.3 is 15.1 Å². The first-order chi connectivity index (χ1) is 18.8. The number of unbranched alkanes of at least 4 members (excludes halogenated alkanes) is 1. The highest BCUT2D eigenvalue weighted by Crippen LogP contribution is 2.34. The van der Waals surface area contributed by atoms with E-state index < -0.39 is 21.6 Å². The van der Waals surface area contributed by atoms with Crippen LogP contribution in [0.1, 0.15) is 51.0 Å². The van der Waals surface area contributed by atoms with Gasteiger partial charge in [-0.05, 0) is 85.2 Å². The minimum atomic E-state index is -3.58. The van der Waals surface area contributed by atoms with Crippen molar-refractivity contribution in [3.63, 3.8) is 0 Å². The van der Waals surface area contributed by atoms with E-state index in [1.54, 1.807) is 24.3 Å². The molecule has 0 saturated carbocycles. The van der Waals surface area contributed by atoms with Crippen molar-refractivity contribution in [2.75, 3.05) is 32.7 Å². The Morgan fingerprint density at radius 1 is 1.00 bits per heavy atom. The van der Waals surface area contributed by atoms with Crippen LogP contribution in [-0.2, 0) is 26.0 Å². The highest BCUT2D eigenvalue weighted by Gasteiger charge is 2.52. The number of halogens is 1. The zero-order valence-electron chi connectivity index (χ0n) is 22.6. The predicted octanol–water partition coefficient (Wildman–Crippen LogP) is 3.55. The lowest BCUT2D eigenvalue weighted by atomic mass is 9.81. The van der Waals surface area contributed by atoms with Gasteiger partial charge in [0.25, 0.3) is 0 Å². The molecule has 2 amide bonds. The number of carbonyl (C=O) groups excluding carboxylic acids is 2. The van der Waals surface area contributed by atoms with Crippen molar-refractivity contribution in [2.45, 2.75) is 68.3 Å². The van der Waals surface area contributed by atoms with Gasteiger partial charge in [-0.3, -0.25) is 9.59 Å². The van der Waals surface area contributed by atoms with Crippen molar-refractivity contribution in [3.8, 4) is 0 Å². The third-order valence-corrected chi connectivity index (χ3v) is 10.7. The van der Waals surface area contributed by atoms with Gasteiger partial charge in [0.2, 0.25) is 21.8 Å². The van der Waals surface area contributed by atoms with Crippen LogP contribution in [0.2, 0.25) is 0 Å². The summed E-state index contributed by atoms with van der Waals surface area (Å²) in [5.74, 6) is -0.0452. The highest BCUT2D eigenvalue weighted by atomic mass is 127. The first kappa shape index (κ1) is 30.0. The number of sulfonamides is 1. The van der Waals surface area contributed by atoms with E-state index in [0.29, 0.717) is 42.2 Å². The molecule has 39 heavy (non-hydrogen) atoms. The van der Waals surface area contributed by atoms with Crippen molar-refractivity contribution in [1.29, 1.82) is 0 Å². The number of amides is 2. The lowest BCUT2D eigenvalue weighted by molar-refractivity contribution is -0.161. The average Bonchev–Trinajstić information content (AvgIpc) is 2.94. The van der Waals surface area contributed by atoms with E-state index in [0.717, 1.165) is 32.5 Å². The fraction of sp³-hybridized carbons (Fsp3) is 0.517. The largest absolute Gasteiger partial charge is 0.342 e. The van der Waals surface area contributed by atoms with Gasteiger partial charge in [-0.2, -0.15) is 0 Å². The standard InChI is InChI=1S/C29H39IN4O4S/c1-2-19-34-27(35)25(13-8-9-18-31-39(37,38)26-14-7-6-12-24(26)30)32-28(36)29(34)16-21-33(22-17-29)20-15-23-10-4-3-5-11-23/h3-7,10-12,14,25,31H,2,8-9,13,15-22H2,1H3,(H,32,36)/t25-/m0/s1. The number of likely N-dealkylation sites (tertiary alicyclic amines) is 1. The summed E-state index contributed by atoms with van der Waals surface area (Å²) in [6.07, 6.45) is 4.77. The van der Waals surface area contributed by atoms with E-state index in [2.05, 4.69) is 39.2 Å². The number of piperazine rings is 1. The molecular weight excluding hydrogens is 627 g/mol. The van der Waals surface area contributed by atoms with E-state index in [9.17, 15) is 18.0 Å². The van der Waals surface area contributed by atoms with Gasteiger partial charge in [0.05, 0.1) is 4.90 Å². The van der Waals surface area contributed by atoms with Gasteiger partial charge in [0.15, 0.2) is 0 Å². The van der Waals surface area contributed by atoms with Crippen LogP contribution >= 0.6 is 22.6 Å². The fourth-order valence-corrected chi connectivity index (χ4v) is 8.02. The molecular formula is C29H39IN4O4S. The third-order valence-electron chi connectivity index (χ3n) is 7.84. The molecule has 10 heteroatoms. The first-order valence-corrected chi connectivity index (χ1v) is 16.5. The Balaban J connectivity index is 1.28. The molecule has 0 aromatic heterocycles. The second kappa shape index (κ2) is 13.6. The summed E-state index contributed by atoms with van der Waals surface area (Å²) in [6, 6.07) is 16.7. The Labute approximate surface area is 246 Å². The number of hydrogen-bond donors (Lipinski definition) is 2. The lowest BCUT2D eigenvalue weighted by Crippen LogP contribution is -2.72. The molecule has 2 aliphatic rings. The molecule has 8 nitrogen and oxygen atoms in total. The smallest absolute Gasteiger partial charge is 0.246 e. The molecule has 2 aromatic carbocycles. The van der Waals surface area contributed by atoms with Gasteiger partial charge in [-0.15, -0.1) is 0 Å². The number of nitrogens with one attached hydrogen (secondary N) is 2. The van der Waals surface area contributed by atoms with Gasteiger partial charge in [0, 0.05) is 36.3 Å². The van der Waals surface area contributed by atoms with E-state index in [1.165, 1.54) is 5.56 Å². The monoisotopic (exact) mass is 666 g/mol. The number of piperidine rings is 1. The van der Waals surface area contributed by atoms with Gasteiger partial charge in [-0.25, -0.2) is 13.1 Å². The fourth-order valence-electron chi connectivity index (χ4n) is 5.62. The van der Waals surface area contributed by atoms with Crippen LogP contribution in [0.3, 0.4) is 0 Å². The Kier molecular flexibility index (Phi) is 10.4. The molecule has 0 aliphatic carbocycles. The van der Waals surface area contributed by atoms with Crippen LogP contribution < -0.4 is 10.0 Å². The lowest BCUT2D eigenvalue weighted by Gasteiger charge is -2.51. The van der Waals surface area contributed by atoms with Crippen LogP contribution in [0.25, 0.3) is 0 Å². The second-order valence-electron chi connectivity index (χ2n) is 10.4. The second-order valence-corrected chi connectivity index (χ2v) is 13.3. The quantitative estimate of drug-likeness (QED) is 0.267. The number of nitrogens with zero attached hydrogens (tertiary/aromatic N) is 2. The third kappa shape index (κ3) is 7.20. The van der Waals surface area contributed by atoms with Crippen LogP contribution in [-0.4, -0.2) is 74.3 Å². The van der Waals surface area contributed by atoms with E-state index >= 15 is 0 Å². The average molecular weight is 667 g/mol. The summed E-state index contributed by atoms with van der Waals surface area (Å²) >= 11 is 2.01. The summed E-state index contributed by atoms with van der Waals surface area (Å²) in [5.41, 5.74) is 0.538. The van der Waals surface area contributed by atoms with Crippen LogP contribution in [0, 0.1) is 3.57 Å². The van der Waals surface area contributed by atoms with Crippen molar-refractivity contribution in [3.05, 3.63) is 63.7 Å². The van der Waals surface area contributed by atoms with Gasteiger partial charge >= 0.3 is 0 Å². The summed E-state index contributed by atoms with van der Waals surface area (Å²) in [7, 11) is -3.58. The predicted molar refractivity (Wildman–Crippen MR) is 161 cm³/mol. The molecule has 2 saturated heterocycles. The molecule has 0 bridgehead atoms.